The highest BCUT2D eigenvalue weighted by molar-refractivity contribution is 14.1. The van der Waals surface area contributed by atoms with Gasteiger partial charge < -0.3 is 5.32 Å². The number of likely N-dealkylation sites (tertiary alicyclic amines) is 1. The Bertz CT molecular complexity index is 2250. The van der Waals surface area contributed by atoms with E-state index < -0.39 is 0 Å². The molecule has 5 aromatic rings. The number of aromatic nitrogens is 8. The van der Waals surface area contributed by atoms with Crippen molar-refractivity contribution in [1.29, 1.82) is 0 Å². The zero-order valence-electron chi connectivity index (χ0n) is 33.4. The maximum atomic E-state index is 12.8. The van der Waals surface area contributed by atoms with Gasteiger partial charge in [-0.25, -0.2) is 30.1 Å². The van der Waals surface area contributed by atoms with Gasteiger partial charge in [-0.15, -0.1) is 0 Å². The number of halogens is 1. The summed E-state index contributed by atoms with van der Waals surface area (Å²) >= 11 is 2.10. The smallest absolute Gasteiger partial charge is 0.297 e. The maximum Gasteiger partial charge on any atom is 0.297 e. The van der Waals surface area contributed by atoms with Crippen LogP contribution in [0.5, 0.6) is 0 Å². The van der Waals surface area contributed by atoms with Crippen molar-refractivity contribution in [3.63, 3.8) is 0 Å². The molecule has 17 heteroatoms. The number of rotatable bonds is 8. The van der Waals surface area contributed by atoms with Gasteiger partial charge in [-0.3, -0.25) is 33.5 Å². The number of nitrogens with one attached hydrogen (secondary N) is 1. The molecule has 0 atom stereocenters. The first-order valence-corrected chi connectivity index (χ1v) is 20.4. The highest BCUT2D eigenvalue weighted by Crippen LogP contribution is 2.35. The van der Waals surface area contributed by atoms with Crippen molar-refractivity contribution < 1.29 is 19.3 Å². The van der Waals surface area contributed by atoms with Gasteiger partial charge in [0.1, 0.15) is 0 Å². The number of nitrogens with zero attached hydrogens (tertiary/aromatic N) is 11. The monoisotopic (exact) mass is 888 g/mol. The largest absolute Gasteiger partial charge is 0.324 e. The summed E-state index contributed by atoms with van der Waals surface area (Å²) in [6.07, 6.45) is 12.8. The molecule has 300 valence electrons. The third kappa shape index (κ3) is 8.70. The highest BCUT2D eigenvalue weighted by Gasteiger charge is 2.30. The fourth-order valence-corrected chi connectivity index (χ4v) is 8.13. The van der Waals surface area contributed by atoms with Crippen LogP contribution in [0.3, 0.4) is 0 Å². The third-order valence-corrected chi connectivity index (χ3v) is 11.3. The lowest BCUT2D eigenvalue weighted by Crippen LogP contribution is -2.29. The molecule has 2 amide bonds. The van der Waals surface area contributed by atoms with Gasteiger partial charge >= 0.3 is 0 Å². The van der Waals surface area contributed by atoms with Gasteiger partial charge in [0.25, 0.3) is 11.8 Å². The summed E-state index contributed by atoms with van der Waals surface area (Å²) in [5.41, 5.74) is 10.6. The van der Waals surface area contributed by atoms with Gasteiger partial charge in [0, 0.05) is 86.5 Å². The van der Waals surface area contributed by atoms with E-state index in [4.69, 9.17) is 14.7 Å². The molecular weight excluding hydrogens is 839 g/mol. The predicted octanol–water partition coefficient (Wildman–Crippen LogP) is 5.33. The molecule has 3 aliphatic rings. The number of piperidine rings is 1. The molecule has 0 unspecified atom stereocenters. The minimum Gasteiger partial charge on any atom is -0.324 e. The van der Waals surface area contributed by atoms with Crippen LogP contribution < -0.4 is 5.32 Å². The van der Waals surface area contributed by atoms with Gasteiger partial charge in [-0.1, -0.05) is 18.6 Å². The summed E-state index contributed by atoms with van der Waals surface area (Å²) in [6.45, 7) is 3.38. The molecule has 1 N–H and O–H groups in total. The Balaban J connectivity index is 0.000000194. The molecule has 8 rings (SSSR count). The van der Waals surface area contributed by atoms with E-state index in [0.717, 1.165) is 95.8 Å². The number of fused-ring (bicyclic) bond motifs is 6. The molecule has 1 saturated heterocycles. The highest BCUT2D eigenvalue weighted by atomic mass is 127. The van der Waals surface area contributed by atoms with Crippen LogP contribution in [0.1, 0.15) is 80.9 Å². The summed E-state index contributed by atoms with van der Waals surface area (Å²) < 4.78 is 4.18. The number of anilines is 2. The summed E-state index contributed by atoms with van der Waals surface area (Å²) in [7, 11) is 9.81. The Labute approximate surface area is 346 Å². The average molecular weight is 889 g/mol. The van der Waals surface area contributed by atoms with Gasteiger partial charge in [0.05, 0.1) is 37.0 Å². The molecule has 0 bridgehead atoms. The third-order valence-electron chi connectivity index (χ3n) is 10.8. The van der Waals surface area contributed by atoms with Crippen LogP contribution in [-0.4, -0.2) is 108 Å². The van der Waals surface area contributed by atoms with Crippen LogP contribution in [0.2, 0.25) is 0 Å². The van der Waals surface area contributed by atoms with Crippen LogP contribution in [0.4, 0.5) is 11.6 Å². The van der Waals surface area contributed by atoms with E-state index >= 15 is 0 Å². The topological polar surface area (TPSA) is 162 Å². The normalized spacial score (nSPS) is 14.8. The average Bonchev–Trinajstić information content (AvgIpc) is 3.56. The molecule has 1 fully saturated rings. The Hall–Kier alpha value is -4.85. The Morgan fingerprint density at radius 3 is 1.81 bits per heavy atom. The van der Waals surface area contributed by atoms with Crippen molar-refractivity contribution in [3.8, 4) is 22.8 Å². The van der Waals surface area contributed by atoms with Crippen LogP contribution in [0.15, 0.2) is 36.7 Å². The lowest BCUT2D eigenvalue weighted by Gasteiger charge is -2.26. The van der Waals surface area contributed by atoms with Crippen molar-refractivity contribution in [2.75, 3.05) is 46.7 Å². The molecule has 0 saturated carbocycles. The number of benzene rings is 1. The lowest BCUT2D eigenvalue weighted by molar-refractivity contribution is -0.0761. The van der Waals surface area contributed by atoms with E-state index in [-0.39, 0.29) is 11.8 Å². The lowest BCUT2D eigenvalue weighted by atomic mass is 10.1. The number of carbonyl (C=O) groups is 2. The van der Waals surface area contributed by atoms with Gasteiger partial charge in [-0.05, 0) is 93.3 Å². The SMILES string of the molecule is CON(C)C(=O)c1nn(C)c2c1CCCc1cnc(I)nc1-2.CON(C)C(=O)c1nn(C)c2c1CCCc1cnc(Nc3ccc(CN4CCCCC4)cc3)nc1-2. The second kappa shape index (κ2) is 17.7. The first-order chi connectivity index (χ1) is 27.6. The number of carbonyl (C=O) groups excluding carboxylic acids is 2. The molecule has 4 aromatic heterocycles. The van der Waals surface area contributed by atoms with Crippen molar-refractivity contribution in [2.45, 2.75) is 64.3 Å². The second-order valence-electron chi connectivity index (χ2n) is 14.5. The summed E-state index contributed by atoms with van der Waals surface area (Å²) in [4.78, 5) is 56.2. The summed E-state index contributed by atoms with van der Waals surface area (Å²) in [6, 6.07) is 8.51. The van der Waals surface area contributed by atoms with Crippen LogP contribution in [0.25, 0.3) is 22.8 Å². The van der Waals surface area contributed by atoms with Crippen molar-refractivity contribution in [2.24, 2.45) is 14.1 Å². The van der Waals surface area contributed by atoms with Gasteiger partial charge in [0.2, 0.25) is 5.95 Å². The van der Waals surface area contributed by atoms with Crippen molar-refractivity contribution in [3.05, 3.63) is 79.7 Å². The number of hydrogen-bond donors (Lipinski definition) is 1. The molecule has 2 aliphatic carbocycles. The standard InChI is InChI=1S/C26H33N7O2.C14H16IN5O2/c1-31-24-21(23(30-31)25(34)32(2)35-3)9-7-8-19-16-27-26(29-22(19)24)28-20-12-10-18(11-13-20)17-33-14-5-4-6-15-33;1-19-12-9(11(18-19)13(21)20(2)22-3)6-4-5-8-7-16-14(15)17-10(8)12/h10-13,16H,4-9,14-15,17H2,1-3H3,(H,27,28,29);7H,4-6H2,1-3H3. The molecule has 57 heavy (non-hydrogen) atoms. The number of aryl methyl sites for hydroxylation is 4. The number of hydroxylamine groups is 4. The molecule has 0 radical (unpaired) electrons. The Kier molecular flexibility index (Phi) is 12.6. The van der Waals surface area contributed by atoms with E-state index in [1.165, 1.54) is 62.3 Å². The van der Waals surface area contributed by atoms with E-state index in [9.17, 15) is 9.59 Å². The van der Waals surface area contributed by atoms with Crippen LogP contribution in [-0.2, 0) is 56.0 Å². The quantitative estimate of drug-likeness (QED) is 0.121. The van der Waals surface area contributed by atoms with E-state index in [1.54, 1.807) is 23.5 Å². The van der Waals surface area contributed by atoms with E-state index in [2.05, 4.69) is 82.2 Å². The molecule has 1 aromatic carbocycles. The van der Waals surface area contributed by atoms with Crippen molar-refractivity contribution in [1.82, 2.24) is 54.5 Å². The van der Waals surface area contributed by atoms with Crippen molar-refractivity contribution >= 4 is 46.0 Å². The first kappa shape index (κ1) is 40.4. The molecule has 5 heterocycles. The zero-order valence-corrected chi connectivity index (χ0v) is 35.5. The predicted molar refractivity (Wildman–Crippen MR) is 222 cm³/mol. The maximum absolute atomic E-state index is 12.8. The van der Waals surface area contributed by atoms with Crippen LogP contribution >= 0.6 is 22.6 Å². The first-order valence-electron chi connectivity index (χ1n) is 19.3. The minimum atomic E-state index is -0.259. The zero-order chi connectivity index (χ0) is 40.2. The molecular formula is C40H49IN12O4. The number of hydrogen-bond acceptors (Lipinski definition) is 12. The van der Waals surface area contributed by atoms with Gasteiger partial charge in [-0.2, -0.15) is 10.2 Å². The fraction of sp³-hybridized carbons (Fsp3) is 0.450. The number of amides is 2. The molecule has 16 nitrogen and oxygen atoms in total. The fourth-order valence-electron chi connectivity index (χ4n) is 7.75. The Morgan fingerprint density at radius 2 is 1.26 bits per heavy atom. The second-order valence-corrected chi connectivity index (χ2v) is 15.5. The minimum absolute atomic E-state index is 0.244. The molecule has 0 spiro atoms. The van der Waals surface area contributed by atoms with E-state index in [0.29, 0.717) is 21.2 Å². The van der Waals surface area contributed by atoms with E-state index in [1.807, 2.05) is 26.5 Å². The summed E-state index contributed by atoms with van der Waals surface area (Å²) in [5, 5.41) is 14.7. The van der Waals surface area contributed by atoms with Gasteiger partial charge in [0.15, 0.2) is 15.2 Å². The Morgan fingerprint density at radius 1 is 0.737 bits per heavy atom. The summed E-state index contributed by atoms with van der Waals surface area (Å²) in [5.74, 6) is 0.0277. The van der Waals surface area contributed by atoms with Crippen LogP contribution in [0, 0.1) is 3.83 Å². The molecule has 1 aliphatic heterocycles.